The van der Waals surface area contributed by atoms with Crippen LogP contribution in [0.5, 0.6) is 5.75 Å². The number of hydrogen-bond donors (Lipinski definition) is 1. The lowest BCUT2D eigenvalue weighted by atomic mass is 10.00. The van der Waals surface area contributed by atoms with Crippen LogP contribution in [0.15, 0.2) is 12.1 Å². The average molecular weight is 215 g/mol. The third-order valence-electron chi connectivity index (χ3n) is 2.30. The van der Waals surface area contributed by atoms with Crippen molar-refractivity contribution in [2.24, 2.45) is 0 Å². The zero-order valence-electron chi connectivity index (χ0n) is 8.67. The van der Waals surface area contributed by atoms with Crippen LogP contribution in [0.1, 0.15) is 24.0 Å². The van der Waals surface area contributed by atoms with Crippen LogP contribution in [-0.2, 0) is 0 Å². The van der Waals surface area contributed by atoms with Crippen molar-refractivity contribution in [2.75, 3.05) is 13.7 Å². The van der Waals surface area contributed by atoms with Gasteiger partial charge in [-0.25, -0.2) is 0 Å². The zero-order valence-corrected chi connectivity index (χ0v) is 9.43. The van der Waals surface area contributed by atoms with Gasteiger partial charge in [0.15, 0.2) is 0 Å². The van der Waals surface area contributed by atoms with Gasteiger partial charge < -0.3 is 9.84 Å². The van der Waals surface area contributed by atoms with E-state index in [2.05, 4.69) is 0 Å². The van der Waals surface area contributed by atoms with Crippen LogP contribution in [0.4, 0.5) is 0 Å². The molecule has 1 aromatic rings. The van der Waals surface area contributed by atoms with Gasteiger partial charge in [0.2, 0.25) is 0 Å². The van der Waals surface area contributed by atoms with Gasteiger partial charge in [-0.3, -0.25) is 0 Å². The number of hydrogen-bond acceptors (Lipinski definition) is 2. The molecule has 1 rings (SSSR count). The number of rotatable bonds is 3. The summed E-state index contributed by atoms with van der Waals surface area (Å²) in [6.07, 6.45) is 0. The molecule has 78 valence electrons. The Bertz CT molecular complexity index is 300. The van der Waals surface area contributed by atoms with Gasteiger partial charge in [-0.15, -0.1) is 0 Å². The summed E-state index contributed by atoms with van der Waals surface area (Å²) in [5.41, 5.74) is 2.03. The number of ether oxygens (including phenoxy) is 1. The molecule has 1 unspecified atom stereocenters. The molecule has 0 heterocycles. The molecule has 2 nitrogen and oxygen atoms in total. The van der Waals surface area contributed by atoms with E-state index in [1.807, 2.05) is 26.0 Å². The minimum Gasteiger partial charge on any atom is -0.495 e. The molecule has 1 atom stereocenters. The summed E-state index contributed by atoms with van der Waals surface area (Å²) in [5, 5.41) is 9.62. The van der Waals surface area contributed by atoms with Crippen molar-refractivity contribution in [3.05, 3.63) is 28.3 Å². The molecular weight excluding hydrogens is 200 g/mol. The quantitative estimate of drug-likeness (QED) is 0.839. The molecule has 1 N–H and O–H groups in total. The monoisotopic (exact) mass is 214 g/mol. The van der Waals surface area contributed by atoms with Gasteiger partial charge in [-0.05, 0) is 24.1 Å². The second-order valence-electron chi connectivity index (χ2n) is 3.44. The maximum atomic E-state index is 9.02. The molecule has 0 aliphatic rings. The third kappa shape index (κ3) is 2.20. The highest BCUT2D eigenvalue weighted by Gasteiger charge is 2.10. The normalized spacial score (nSPS) is 12.6. The first kappa shape index (κ1) is 11.3. The molecule has 0 saturated heterocycles. The molecule has 0 bridgehead atoms. The van der Waals surface area contributed by atoms with Gasteiger partial charge >= 0.3 is 0 Å². The predicted octanol–water partition coefficient (Wildman–Crippen LogP) is 2.75. The van der Waals surface area contributed by atoms with E-state index in [9.17, 15) is 0 Å². The number of aryl methyl sites for hydroxylation is 1. The average Bonchev–Trinajstić information content (AvgIpc) is 2.16. The minimum absolute atomic E-state index is 0.108. The largest absolute Gasteiger partial charge is 0.495 e. The summed E-state index contributed by atoms with van der Waals surface area (Å²) in [7, 11) is 1.60. The third-order valence-corrected chi connectivity index (χ3v) is 2.58. The molecule has 0 aliphatic heterocycles. The summed E-state index contributed by atoms with van der Waals surface area (Å²) in [6.45, 7) is 4.03. The van der Waals surface area contributed by atoms with Gasteiger partial charge in [-0.2, -0.15) is 0 Å². The number of aliphatic hydroxyl groups is 1. The Hall–Kier alpha value is -0.730. The first-order chi connectivity index (χ1) is 6.60. The van der Waals surface area contributed by atoms with E-state index in [1.165, 1.54) is 0 Å². The van der Waals surface area contributed by atoms with Crippen molar-refractivity contribution in [3.63, 3.8) is 0 Å². The Morgan fingerprint density at radius 2 is 2.14 bits per heavy atom. The fourth-order valence-corrected chi connectivity index (χ4v) is 1.76. The Labute approximate surface area is 89.5 Å². The van der Waals surface area contributed by atoms with Gasteiger partial charge in [0, 0.05) is 12.5 Å². The van der Waals surface area contributed by atoms with E-state index in [-0.39, 0.29) is 12.5 Å². The van der Waals surface area contributed by atoms with E-state index in [0.717, 1.165) is 11.1 Å². The number of methoxy groups -OCH3 is 1. The van der Waals surface area contributed by atoms with Gasteiger partial charge in [0.05, 0.1) is 12.1 Å². The fraction of sp³-hybridized carbons (Fsp3) is 0.455. The first-order valence-corrected chi connectivity index (χ1v) is 4.92. The van der Waals surface area contributed by atoms with Crippen molar-refractivity contribution in [1.82, 2.24) is 0 Å². The molecule has 0 aromatic heterocycles. The van der Waals surface area contributed by atoms with Crippen molar-refractivity contribution < 1.29 is 9.84 Å². The second-order valence-corrected chi connectivity index (χ2v) is 3.84. The highest BCUT2D eigenvalue weighted by molar-refractivity contribution is 6.32. The summed E-state index contributed by atoms with van der Waals surface area (Å²) >= 11 is 6.03. The topological polar surface area (TPSA) is 29.5 Å². The van der Waals surface area contributed by atoms with Crippen LogP contribution in [0.3, 0.4) is 0 Å². The van der Waals surface area contributed by atoms with Crippen LogP contribution in [0.2, 0.25) is 5.02 Å². The number of benzene rings is 1. The SMILES string of the molecule is COc1c(C)cc(C(C)CO)cc1Cl. The van der Waals surface area contributed by atoms with Gasteiger partial charge in [-0.1, -0.05) is 24.6 Å². The lowest BCUT2D eigenvalue weighted by molar-refractivity contribution is 0.273. The van der Waals surface area contributed by atoms with Gasteiger partial charge in [0.1, 0.15) is 5.75 Å². The molecule has 3 heteroatoms. The lowest BCUT2D eigenvalue weighted by Gasteiger charge is -2.13. The Morgan fingerprint density at radius 1 is 1.50 bits per heavy atom. The molecule has 0 amide bonds. The number of aliphatic hydroxyl groups excluding tert-OH is 1. The van der Waals surface area contributed by atoms with Crippen molar-refractivity contribution in [2.45, 2.75) is 19.8 Å². The molecule has 0 fully saturated rings. The minimum atomic E-state index is 0.108. The van der Waals surface area contributed by atoms with Crippen molar-refractivity contribution in [1.29, 1.82) is 0 Å². The molecule has 0 saturated carbocycles. The van der Waals surface area contributed by atoms with Crippen LogP contribution < -0.4 is 4.74 Å². The maximum Gasteiger partial charge on any atom is 0.140 e. The van der Waals surface area contributed by atoms with Crippen LogP contribution >= 0.6 is 11.6 Å². The van der Waals surface area contributed by atoms with E-state index in [4.69, 9.17) is 21.4 Å². The van der Waals surface area contributed by atoms with E-state index in [0.29, 0.717) is 10.8 Å². The highest BCUT2D eigenvalue weighted by Crippen LogP contribution is 2.31. The highest BCUT2D eigenvalue weighted by atomic mass is 35.5. The fourth-order valence-electron chi connectivity index (χ4n) is 1.41. The van der Waals surface area contributed by atoms with Crippen LogP contribution in [0, 0.1) is 6.92 Å². The smallest absolute Gasteiger partial charge is 0.140 e. The zero-order chi connectivity index (χ0) is 10.7. The standard InChI is InChI=1S/C11H15ClO2/c1-7-4-9(8(2)6-13)5-10(12)11(7)14-3/h4-5,8,13H,6H2,1-3H3. The summed E-state index contributed by atoms with van der Waals surface area (Å²) in [4.78, 5) is 0. The predicted molar refractivity (Wildman–Crippen MR) is 58.2 cm³/mol. The van der Waals surface area contributed by atoms with E-state index in [1.54, 1.807) is 7.11 Å². The molecule has 14 heavy (non-hydrogen) atoms. The summed E-state index contributed by atoms with van der Waals surface area (Å²) in [5.74, 6) is 0.817. The molecule has 1 aromatic carbocycles. The Balaban J connectivity index is 3.13. The molecule has 0 aliphatic carbocycles. The van der Waals surface area contributed by atoms with Crippen molar-refractivity contribution in [3.8, 4) is 5.75 Å². The molecule has 0 radical (unpaired) electrons. The van der Waals surface area contributed by atoms with Gasteiger partial charge in [0.25, 0.3) is 0 Å². The second kappa shape index (κ2) is 4.67. The van der Waals surface area contributed by atoms with E-state index < -0.39 is 0 Å². The Kier molecular flexibility index (Phi) is 3.78. The van der Waals surface area contributed by atoms with Crippen molar-refractivity contribution >= 4 is 11.6 Å². The maximum absolute atomic E-state index is 9.02. The first-order valence-electron chi connectivity index (χ1n) is 4.55. The number of halogens is 1. The summed E-state index contributed by atoms with van der Waals surface area (Å²) < 4.78 is 5.15. The van der Waals surface area contributed by atoms with Crippen LogP contribution in [0.25, 0.3) is 0 Å². The summed E-state index contributed by atoms with van der Waals surface area (Å²) in [6, 6.07) is 3.83. The van der Waals surface area contributed by atoms with Crippen LogP contribution in [-0.4, -0.2) is 18.8 Å². The van der Waals surface area contributed by atoms with E-state index >= 15 is 0 Å². The Morgan fingerprint density at radius 3 is 2.57 bits per heavy atom. The molecular formula is C11H15ClO2. The lowest BCUT2D eigenvalue weighted by Crippen LogP contribution is -2.00. The molecule has 0 spiro atoms.